The highest BCUT2D eigenvalue weighted by Gasteiger charge is 2.13. The number of thiocarbonyl (C=S) groups is 1. The predicted octanol–water partition coefficient (Wildman–Crippen LogP) is 4.32. The van der Waals surface area contributed by atoms with E-state index in [0.717, 1.165) is 15.7 Å². The van der Waals surface area contributed by atoms with E-state index in [1.54, 1.807) is 0 Å². The topological polar surface area (TPSA) is 38.0 Å². The second-order valence-electron chi connectivity index (χ2n) is 4.57. The van der Waals surface area contributed by atoms with Gasteiger partial charge in [0.15, 0.2) is 0 Å². The lowest BCUT2D eigenvalue weighted by molar-refractivity contribution is 0.438. The van der Waals surface area contributed by atoms with Crippen LogP contribution in [0.4, 0.5) is 5.69 Å². The van der Waals surface area contributed by atoms with Gasteiger partial charge in [-0.15, -0.1) is 0 Å². The monoisotopic (exact) mass is 328 g/mol. The Morgan fingerprint density at radius 2 is 2.00 bits per heavy atom. The molecule has 0 aromatic heterocycles. The van der Waals surface area contributed by atoms with Crippen molar-refractivity contribution in [3.05, 3.63) is 28.2 Å². The minimum Gasteiger partial charge on any atom is -0.389 e. The lowest BCUT2D eigenvalue weighted by Crippen LogP contribution is -2.25. The van der Waals surface area contributed by atoms with Crippen molar-refractivity contribution in [1.82, 2.24) is 0 Å². The van der Waals surface area contributed by atoms with Crippen molar-refractivity contribution in [2.75, 3.05) is 5.32 Å². The summed E-state index contributed by atoms with van der Waals surface area (Å²) in [4.78, 5) is 0.418. The molecule has 0 aliphatic heterocycles. The van der Waals surface area contributed by atoms with Crippen molar-refractivity contribution in [2.45, 2.75) is 39.7 Å². The molecule has 0 spiro atoms. The van der Waals surface area contributed by atoms with Gasteiger partial charge in [0.25, 0.3) is 0 Å². The first-order chi connectivity index (χ1) is 8.49. The highest BCUT2D eigenvalue weighted by atomic mass is 79.9. The van der Waals surface area contributed by atoms with Gasteiger partial charge in [0, 0.05) is 21.8 Å². The summed E-state index contributed by atoms with van der Waals surface area (Å²) in [5.41, 5.74) is 7.62. The summed E-state index contributed by atoms with van der Waals surface area (Å²) >= 11 is 8.49. The zero-order valence-corrected chi connectivity index (χ0v) is 13.6. The summed E-state index contributed by atoms with van der Waals surface area (Å²) in [6, 6.07) is 6.47. The zero-order chi connectivity index (χ0) is 13.7. The molecule has 1 aromatic rings. The molecule has 0 aliphatic carbocycles. The fourth-order valence-corrected chi connectivity index (χ4v) is 3.08. The van der Waals surface area contributed by atoms with Gasteiger partial charge in [-0.2, -0.15) is 0 Å². The summed E-state index contributed by atoms with van der Waals surface area (Å²) in [5, 5.41) is 3.54. The van der Waals surface area contributed by atoms with Crippen molar-refractivity contribution in [3.63, 3.8) is 0 Å². The van der Waals surface area contributed by atoms with E-state index < -0.39 is 0 Å². The Balaban J connectivity index is 2.80. The summed E-state index contributed by atoms with van der Waals surface area (Å²) in [6.07, 6.45) is 2.38. The van der Waals surface area contributed by atoms with Gasteiger partial charge in [-0.25, -0.2) is 0 Å². The highest BCUT2D eigenvalue weighted by Crippen LogP contribution is 2.24. The van der Waals surface area contributed by atoms with E-state index in [-0.39, 0.29) is 0 Å². The van der Waals surface area contributed by atoms with Crippen molar-refractivity contribution >= 4 is 38.8 Å². The van der Waals surface area contributed by atoms with Crippen molar-refractivity contribution in [3.8, 4) is 0 Å². The first kappa shape index (κ1) is 15.4. The number of hydrogen-bond donors (Lipinski definition) is 2. The van der Waals surface area contributed by atoms with Gasteiger partial charge in [-0.1, -0.05) is 38.9 Å². The summed E-state index contributed by atoms with van der Waals surface area (Å²) in [6.45, 7) is 6.70. The Kier molecular flexibility index (Phi) is 6.09. The van der Waals surface area contributed by atoms with E-state index in [2.05, 4.69) is 42.0 Å². The maximum Gasteiger partial charge on any atom is 0.105 e. The molecule has 1 rings (SSSR count). The van der Waals surface area contributed by atoms with Crippen molar-refractivity contribution < 1.29 is 0 Å². The van der Waals surface area contributed by atoms with Crippen LogP contribution >= 0.6 is 28.1 Å². The molecular formula is C14H21BrN2S. The minimum absolute atomic E-state index is 0.418. The van der Waals surface area contributed by atoms with Crippen LogP contribution in [0.3, 0.4) is 0 Å². The molecule has 1 atom stereocenters. The Morgan fingerprint density at radius 3 is 2.44 bits per heavy atom. The predicted molar refractivity (Wildman–Crippen MR) is 87.2 cm³/mol. The maximum atomic E-state index is 5.64. The van der Waals surface area contributed by atoms with E-state index in [1.165, 1.54) is 12.8 Å². The molecule has 1 aromatic carbocycles. The van der Waals surface area contributed by atoms with Gasteiger partial charge in [-0.05, 0) is 47.0 Å². The van der Waals surface area contributed by atoms with Crippen molar-refractivity contribution in [2.24, 2.45) is 11.7 Å². The maximum absolute atomic E-state index is 5.64. The molecule has 0 heterocycles. The van der Waals surface area contributed by atoms with Gasteiger partial charge < -0.3 is 11.1 Å². The third kappa shape index (κ3) is 3.95. The number of nitrogens with two attached hydrogens (primary N) is 1. The van der Waals surface area contributed by atoms with Crippen LogP contribution in [0.15, 0.2) is 22.7 Å². The second kappa shape index (κ2) is 7.10. The SMILES string of the molecule is CCC(CC)C(C)Nc1ccc(C(N)=S)c(Br)c1. The Bertz CT molecular complexity index is 416. The molecule has 3 N–H and O–H groups in total. The molecule has 4 heteroatoms. The second-order valence-corrected chi connectivity index (χ2v) is 5.86. The smallest absolute Gasteiger partial charge is 0.105 e. The Morgan fingerprint density at radius 1 is 1.39 bits per heavy atom. The Labute approximate surface area is 123 Å². The molecule has 0 amide bonds. The zero-order valence-electron chi connectivity index (χ0n) is 11.2. The van der Waals surface area contributed by atoms with Gasteiger partial charge in [0.2, 0.25) is 0 Å². The number of anilines is 1. The summed E-state index contributed by atoms with van der Waals surface area (Å²) in [7, 11) is 0. The van der Waals surface area contributed by atoms with Crippen LogP contribution in [0.5, 0.6) is 0 Å². The van der Waals surface area contributed by atoms with Gasteiger partial charge in [0.1, 0.15) is 4.99 Å². The van der Waals surface area contributed by atoms with Gasteiger partial charge >= 0.3 is 0 Å². The van der Waals surface area contributed by atoms with Crippen LogP contribution in [-0.4, -0.2) is 11.0 Å². The van der Waals surface area contributed by atoms with Crippen molar-refractivity contribution in [1.29, 1.82) is 0 Å². The average Bonchev–Trinajstić information content (AvgIpc) is 2.30. The normalized spacial score (nSPS) is 12.5. The molecule has 18 heavy (non-hydrogen) atoms. The van der Waals surface area contributed by atoms with Crippen LogP contribution in [0, 0.1) is 5.92 Å². The minimum atomic E-state index is 0.418. The third-order valence-electron chi connectivity index (χ3n) is 3.38. The molecule has 0 aliphatic rings. The van der Waals surface area contributed by atoms with Gasteiger partial charge in [-0.3, -0.25) is 0 Å². The molecule has 0 saturated carbocycles. The van der Waals surface area contributed by atoms with E-state index >= 15 is 0 Å². The first-order valence-corrected chi connectivity index (χ1v) is 7.55. The van der Waals surface area contributed by atoms with Crippen LogP contribution in [0.25, 0.3) is 0 Å². The lowest BCUT2D eigenvalue weighted by atomic mass is 9.95. The van der Waals surface area contributed by atoms with Crippen LogP contribution in [0.1, 0.15) is 39.2 Å². The first-order valence-electron chi connectivity index (χ1n) is 6.35. The van der Waals surface area contributed by atoms with E-state index in [1.807, 2.05) is 18.2 Å². The number of benzene rings is 1. The molecule has 100 valence electrons. The largest absolute Gasteiger partial charge is 0.389 e. The highest BCUT2D eigenvalue weighted by molar-refractivity contribution is 9.10. The van der Waals surface area contributed by atoms with Crippen LogP contribution < -0.4 is 11.1 Å². The lowest BCUT2D eigenvalue weighted by Gasteiger charge is -2.24. The quantitative estimate of drug-likeness (QED) is 0.764. The fourth-order valence-electron chi connectivity index (χ4n) is 2.18. The van der Waals surface area contributed by atoms with E-state index in [0.29, 0.717) is 16.9 Å². The van der Waals surface area contributed by atoms with E-state index in [4.69, 9.17) is 18.0 Å². The number of halogens is 1. The standard InChI is InChI=1S/C14H21BrN2S/c1-4-10(5-2)9(3)17-11-6-7-12(14(16)18)13(15)8-11/h6-10,17H,4-5H2,1-3H3,(H2,16,18). The van der Waals surface area contributed by atoms with Gasteiger partial charge in [0.05, 0.1) is 0 Å². The summed E-state index contributed by atoms with van der Waals surface area (Å²) in [5.74, 6) is 0.694. The molecule has 1 unspecified atom stereocenters. The molecule has 0 saturated heterocycles. The Hall–Kier alpha value is -0.610. The number of hydrogen-bond acceptors (Lipinski definition) is 2. The van der Waals surface area contributed by atoms with E-state index in [9.17, 15) is 0 Å². The van der Waals surface area contributed by atoms with Crippen LogP contribution in [-0.2, 0) is 0 Å². The van der Waals surface area contributed by atoms with Crippen LogP contribution in [0.2, 0.25) is 0 Å². The average molecular weight is 329 g/mol. The molecule has 2 nitrogen and oxygen atoms in total. The molecule has 0 bridgehead atoms. The number of rotatable bonds is 6. The summed E-state index contributed by atoms with van der Waals surface area (Å²) < 4.78 is 0.941. The number of nitrogens with one attached hydrogen (secondary N) is 1. The molecule has 0 radical (unpaired) electrons. The molecule has 0 fully saturated rings. The fraction of sp³-hybridized carbons (Fsp3) is 0.500. The third-order valence-corrected chi connectivity index (χ3v) is 4.26. The molecular weight excluding hydrogens is 308 g/mol.